The maximum atomic E-state index is 12.6. The van der Waals surface area contributed by atoms with Crippen molar-refractivity contribution in [1.82, 2.24) is 0 Å². The van der Waals surface area contributed by atoms with Gasteiger partial charge >= 0.3 is 0 Å². The molecule has 0 aliphatic rings. The molecule has 0 aromatic heterocycles. The maximum Gasteiger partial charge on any atom is 0.124 e. The highest BCUT2D eigenvalue weighted by Crippen LogP contribution is 2.26. The Morgan fingerprint density at radius 2 is 2.17 bits per heavy atom. The first kappa shape index (κ1) is 9.53. The van der Waals surface area contributed by atoms with Crippen LogP contribution in [-0.4, -0.2) is 0 Å². The standard InChI is InChI=1S/C10H12ClF/c1-3-7(2)9-5-4-8(12)6-10(9)11/h4-7H,3H2,1-2H3/t7-/m1/s1. The molecule has 0 fully saturated rings. The monoisotopic (exact) mass is 186 g/mol. The Labute approximate surface area is 77.4 Å². The highest BCUT2D eigenvalue weighted by molar-refractivity contribution is 6.31. The molecular weight excluding hydrogens is 175 g/mol. The minimum atomic E-state index is -0.271. The molecule has 0 saturated heterocycles. The van der Waals surface area contributed by atoms with Crippen molar-refractivity contribution in [1.29, 1.82) is 0 Å². The summed E-state index contributed by atoms with van der Waals surface area (Å²) in [7, 11) is 0. The minimum Gasteiger partial charge on any atom is -0.207 e. The summed E-state index contributed by atoms with van der Waals surface area (Å²) < 4.78 is 12.6. The molecule has 1 rings (SSSR count). The van der Waals surface area contributed by atoms with Crippen molar-refractivity contribution >= 4 is 11.6 Å². The topological polar surface area (TPSA) is 0 Å². The number of benzene rings is 1. The second kappa shape index (κ2) is 3.90. The lowest BCUT2D eigenvalue weighted by Gasteiger charge is -2.10. The second-order valence-electron chi connectivity index (χ2n) is 2.98. The Hall–Kier alpha value is -0.560. The van der Waals surface area contributed by atoms with Gasteiger partial charge < -0.3 is 0 Å². The second-order valence-corrected chi connectivity index (χ2v) is 3.38. The average molecular weight is 187 g/mol. The molecule has 0 N–H and O–H groups in total. The largest absolute Gasteiger partial charge is 0.207 e. The van der Waals surface area contributed by atoms with Gasteiger partial charge in [-0.3, -0.25) is 0 Å². The molecule has 0 spiro atoms. The zero-order valence-corrected chi connectivity index (χ0v) is 8.03. The number of halogens is 2. The van der Waals surface area contributed by atoms with E-state index in [0.29, 0.717) is 10.9 Å². The predicted molar refractivity (Wildman–Crippen MR) is 50.1 cm³/mol. The van der Waals surface area contributed by atoms with Gasteiger partial charge in [-0.15, -0.1) is 0 Å². The molecule has 12 heavy (non-hydrogen) atoms. The van der Waals surface area contributed by atoms with Crippen LogP contribution in [0.4, 0.5) is 4.39 Å². The molecular formula is C10H12ClF. The van der Waals surface area contributed by atoms with Crippen LogP contribution >= 0.6 is 11.6 Å². The fourth-order valence-corrected chi connectivity index (χ4v) is 1.47. The first-order valence-corrected chi connectivity index (χ1v) is 4.48. The molecule has 2 heteroatoms. The Kier molecular flexibility index (Phi) is 3.10. The molecule has 0 nitrogen and oxygen atoms in total. The van der Waals surface area contributed by atoms with Crippen molar-refractivity contribution in [2.75, 3.05) is 0 Å². The Morgan fingerprint density at radius 1 is 1.50 bits per heavy atom. The van der Waals surface area contributed by atoms with Crippen molar-refractivity contribution in [3.63, 3.8) is 0 Å². The van der Waals surface area contributed by atoms with Gasteiger partial charge in [0.15, 0.2) is 0 Å². The molecule has 66 valence electrons. The van der Waals surface area contributed by atoms with E-state index in [1.54, 1.807) is 6.07 Å². The van der Waals surface area contributed by atoms with Crippen molar-refractivity contribution in [3.05, 3.63) is 34.6 Å². The van der Waals surface area contributed by atoms with Gasteiger partial charge in [-0.1, -0.05) is 31.5 Å². The van der Waals surface area contributed by atoms with Crippen molar-refractivity contribution in [2.24, 2.45) is 0 Å². The quantitative estimate of drug-likeness (QED) is 0.655. The molecule has 0 bridgehead atoms. The summed E-state index contributed by atoms with van der Waals surface area (Å²) in [5.74, 6) is 0.130. The highest BCUT2D eigenvalue weighted by Gasteiger charge is 2.07. The van der Waals surface area contributed by atoms with Gasteiger partial charge in [0.05, 0.1) is 0 Å². The molecule has 0 saturated carbocycles. The Bertz CT molecular complexity index is 271. The Balaban J connectivity index is 3.01. The van der Waals surface area contributed by atoms with Crippen LogP contribution in [0.2, 0.25) is 5.02 Å². The van der Waals surface area contributed by atoms with Crippen molar-refractivity contribution in [2.45, 2.75) is 26.2 Å². The first-order chi connectivity index (χ1) is 5.65. The maximum absolute atomic E-state index is 12.6. The van der Waals surface area contributed by atoms with Gasteiger partial charge in [0, 0.05) is 5.02 Å². The normalized spacial score (nSPS) is 13.0. The number of hydrogen-bond donors (Lipinski definition) is 0. The van der Waals surface area contributed by atoms with Gasteiger partial charge in [-0.25, -0.2) is 4.39 Å². The van der Waals surface area contributed by atoms with Crippen molar-refractivity contribution in [3.8, 4) is 0 Å². The lowest BCUT2D eigenvalue weighted by atomic mass is 9.99. The number of rotatable bonds is 2. The molecule has 1 atom stereocenters. The Morgan fingerprint density at radius 3 is 2.67 bits per heavy atom. The van der Waals surface area contributed by atoms with Gasteiger partial charge in [0.1, 0.15) is 5.82 Å². The molecule has 0 radical (unpaired) electrons. The smallest absolute Gasteiger partial charge is 0.124 e. The van der Waals surface area contributed by atoms with E-state index >= 15 is 0 Å². The zero-order valence-electron chi connectivity index (χ0n) is 7.27. The van der Waals surface area contributed by atoms with E-state index in [-0.39, 0.29) is 5.82 Å². The van der Waals surface area contributed by atoms with Crippen LogP contribution in [0.1, 0.15) is 31.7 Å². The van der Waals surface area contributed by atoms with Gasteiger partial charge in [0.25, 0.3) is 0 Å². The molecule has 0 unspecified atom stereocenters. The van der Waals surface area contributed by atoms with Crippen LogP contribution in [0, 0.1) is 5.82 Å². The van der Waals surface area contributed by atoms with E-state index in [0.717, 1.165) is 12.0 Å². The lowest BCUT2D eigenvalue weighted by Crippen LogP contribution is -1.92. The first-order valence-electron chi connectivity index (χ1n) is 4.10. The van der Waals surface area contributed by atoms with Crippen LogP contribution in [0.25, 0.3) is 0 Å². The van der Waals surface area contributed by atoms with E-state index in [9.17, 15) is 4.39 Å². The summed E-state index contributed by atoms with van der Waals surface area (Å²) in [6.07, 6.45) is 1.02. The third-order valence-electron chi connectivity index (χ3n) is 2.11. The molecule has 0 aliphatic carbocycles. The summed E-state index contributed by atoms with van der Waals surface area (Å²) in [6, 6.07) is 4.57. The van der Waals surface area contributed by atoms with Crippen molar-refractivity contribution < 1.29 is 4.39 Å². The average Bonchev–Trinajstić information content (AvgIpc) is 2.03. The van der Waals surface area contributed by atoms with Gasteiger partial charge in [0.2, 0.25) is 0 Å². The lowest BCUT2D eigenvalue weighted by molar-refractivity contribution is 0.625. The van der Waals surface area contributed by atoms with Gasteiger partial charge in [-0.05, 0) is 30.0 Å². The van der Waals surface area contributed by atoms with Crippen LogP contribution < -0.4 is 0 Å². The van der Waals surface area contributed by atoms with E-state index in [1.807, 2.05) is 0 Å². The summed E-state index contributed by atoms with van der Waals surface area (Å²) in [6.45, 7) is 4.17. The van der Waals surface area contributed by atoms with E-state index < -0.39 is 0 Å². The van der Waals surface area contributed by atoms with Crippen LogP contribution in [0.5, 0.6) is 0 Å². The third kappa shape index (κ3) is 1.98. The molecule has 1 aromatic rings. The molecule has 0 heterocycles. The summed E-state index contributed by atoms with van der Waals surface area (Å²) >= 11 is 5.86. The fourth-order valence-electron chi connectivity index (χ4n) is 1.12. The molecule has 0 aliphatic heterocycles. The summed E-state index contributed by atoms with van der Waals surface area (Å²) in [5.41, 5.74) is 1.03. The van der Waals surface area contributed by atoms with E-state index in [1.165, 1.54) is 12.1 Å². The third-order valence-corrected chi connectivity index (χ3v) is 2.43. The predicted octanol–water partition coefficient (Wildman–Crippen LogP) is 3.99. The van der Waals surface area contributed by atoms with E-state index in [4.69, 9.17) is 11.6 Å². The SMILES string of the molecule is CC[C@@H](C)c1ccc(F)cc1Cl. The number of hydrogen-bond acceptors (Lipinski definition) is 0. The van der Waals surface area contributed by atoms with E-state index in [2.05, 4.69) is 13.8 Å². The minimum absolute atomic E-state index is 0.271. The van der Waals surface area contributed by atoms with Crippen LogP contribution in [0.15, 0.2) is 18.2 Å². The highest BCUT2D eigenvalue weighted by atomic mass is 35.5. The fraction of sp³-hybridized carbons (Fsp3) is 0.400. The summed E-state index contributed by atoms with van der Waals surface area (Å²) in [5, 5.41) is 0.532. The van der Waals surface area contributed by atoms with Crippen LogP contribution in [-0.2, 0) is 0 Å². The molecule has 0 amide bonds. The zero-order chi connectivity index (χ0) is 9.14. The van der Waals surface area contributed by atoms with Gasteiger partial charge in [-0.2, -0.15) is 0 Å². The van der Waals surface area contributed by atoms with Crippen LogP contribution in [0.3, 0.4) is 0 Å². The summed E-state index contributed by atoms with van der Waals surface area (Å²) in [4.78, 5) is 0. The molecule has 1 aromatic carbocycles.